The van der Waals surface area contributed by atoms with Gasteiger partial charge < -0.3 is 9.30 Å². The maximum Gasteiger partial charge on any atom is 0.232 e. The number of carbonyl (C=O) groups excluding carboxylic acids is 1. The molecule has 2 heterocycles. The summed E-state index contributed by atoms with van der Waals surface area (Å²) in [5.41, 5.74) is 1.76. The number of anilines is 1. The molecule has 1 aromatic heterocycles. The Morgan fingerprint density at radius 1 is 1.38 bits per heavy atom. The van der Waals surface area contributed by atoms with Gasteiger partial charge in [0, 0.05) is 12.1 Å². The molecule has 0 radical (unpaired) electrons. The van der Waals surface area contributed by atoms with E-state index in [0.29, 0.717) is 19.2 Å². The van der Waals surface area contributed by atoms with E-state index in [1.165, 1.54) is 0 Å². The van der Waals surface area contributed by atoms with Crippen molar-refractivity contribution in [3.63, 3.8) is 0 Å². The fourth-order valence-corrected chi connectivity index (χ4v) is 2.74. The first kappa shape index (κ1) is 14.1. The minimum Gasteiger partial charge on any atom is -0.381 e. The van der Waals surface area contributed by atoms with Crippen LogP contribution in [0.4, 0.5) is 5.95 Å². The van der Waals surface area contributed by atoms with Crippen LogP contribution in [0.15, 0.2) is 24.3 Å². The number of hydrogen-bond acceptors (Lipinski definition) is 3. The van der Waals surface area contributed by atoms with Crippen molar-refractivity contribution < 1.29 is 9.53 Å². The average molecular weight is 287 g/mol. The molecular weight excluding hydrogens is 266 g/mol. The molecule has 1 aromatic carbocycles. The maximum atomic E-state index is 12.3. The summed E-state index contributed by atoms with van der Waals surface area (Å²) in [6.07, 6.45) is 0.779. The van der Waals surface area contributed by atoms with Crippen molar-refractivity contribution in [2.45, 2.75) is 32.7 Å². The number of imidazole rings is 1. The molecule has 1 amide bonds. The molecule has 0 bridgehead atoms. The number of aromatic nitrogens is 2. The fraction of sp³-hybridized carbons (Fsp3) is 0.500. The van der Waals surface area contributed by atoms with Gasteiger partial charge >= 0.3 is 0 Å². The summed E-state index contributed by atoms with van der Waals surface area (Å²) in [5, 5.41) is 2.98. The van der Waals surface area contributed by atoms with E-state index in [2.05, 4.69) is 35.6 Å². The van der Waals surface area contributed by atoms with Crippen LogP contribution in [0.3, 0.4) is 0 Å². The van der Waals surface area contributed by atoms with Crippen LogP contribution < -0.4 is 5.32 Å². The summed E-state index contributed by atoms with van der Waals surface area (Å²) >= 11 is 0. The zero-order valence-corrected chi connectivity index (χ0v) is 12.7. The minimum atomic E-state index is -0.162. The number of ether oxygens (including phenoxy) is 1. The van der Waals surface area contributed by atoms with Crippen molar-refractivity contribution in [2.24, 2.45) is 5.92 Å². The minimum absolute atomic E-state index is 0.00620. The highest BCUT2D eigenvalue weighted by atomic mass is 16.5. The summed E-state index contributed by atoms with van der Waals surface area (Å²) in [6, 6.07) is 7.94. The third-order valence-corrected chi connectivity index (χ3v) is 3.77. The van der Waals surface area contributed by atoms with Gasteiger partial charge in [-0.2, -0.15) is 0 Å². The van der Waals surface area contributed by atoms with Gasteiger partial charge in [-0.3, -0.25) is 10.1 Å². The molecular formula is C16H21N3O2. The number of nitrogens with one attached hydrogen (secondary N) is 1. The van der Waals surface area contributed by atoms with Gasteiger partial charge in [0.2, 0.25) is 11.9 Å². The second-order valence-corrected chi connectivity index (χ2v) is 6.48. The highest BCUT2D eigenvalue weighted by Gasteiger charge is 2.27. The molecule has 1 aliphatic rings. The number of hydrogen-bond donors (Lipinski definition) is 1. The van der Waals surface area contributed by atoms with E-state index in [9.17, 15) is 4.79 Å². The molecule has 21 heavy (non-hydrogen) atoms. The van der Waals surface area contributed by atoms with Crippen LogP contribution in [0.2, 0.25) is 0 Å². The van der Waals surface area contributed by atoms with Crippen LogP contribution in [-0.4, -0.2) is 28.7 Å². The van der Waals surface area contributed by atoms with Gasteiger partial charge in [-0.15, -0.1) is 0 Å². The van der Waals surface area contributed by atoms with Crippen LogP contribution in [0.5, 0.6) is 0 Å². The molecule has 5 nitrogen and oxygen atoms in total. The Hall–Kier alpha value is -1.88. The Kier molecular flexibility index (Phi) is 3.45. The molecule has 5 heteroatoms. The zero-order valence-electron chi connectivity index (χ0n) is 12.7. The second kappa shape index (κ2) is 5.15. The molecule has 1 saturated heterocycles. The van der Waals surface area contributed by atoms with Crippen molar-refractivity contribution in [2.75, 3.05) is 18.5 Å². The average Bonchev–Trinajstić information content (AvgIpc) is 3.04. The topological polar surface area (TPSA) is 56.2 Å². The standard InChI is InChI=1S/C16H21N3O2/c1-16(2,3)19-13-7-5-4-6-12(13)17-15(19)18-14(20)11-8-9-21-10-11/h4-7,11H,8-10H2,1-3H3,(H,17,18,20). The molecule has 1 aliphatic heterocycles. The van der Waals surface area contributed by atoms with E-state index in [0.717, 1.165) is 17.5 Å². The predicted octanol–water partition coefficient (Wildman–Crippen LogP) is 2.77. The number of carbonyl (C=O) groups is 1. The number of fused-ring (bicyclic) bond motifs is 1. The van der Waals surface area contributed by atoms with Gasteiger partial charge in [-0.05, 0) is 39.3 Å². The fourth-order valence-electron chi connectivity index (χ4n) is 2.74. The van der Waals surface area contributed by atoms with Crippen LogP contribution in [0.25, 0.3) is 11.0 Å². The van der Waals surface area contributed by atoms with Crippen LogP contribution in [0.1, 0.15) is 27.2 Å². The Morgan fingerprint density at radius 3 is 2.81 bits per heavy atom. The molecule has 1 unspecified atom stereocenters. The summed E-state index contributed by atoms with van der Waals surface area (Å²) < 4.78 is 7.36. The van der Waals surface area contributed by atoms with Gasteiger partial charge in [0.1, 0.15) is 0 Å². The quantitative estimate of drug-likeness (QED) is 0.924. The van der Waals surface area contributed by atoms with E-state index >= 15 is 0 Å². The summed E-state index contributed by atoms with van der Waals surface area (Å²) in [4.78, 5) is 16.9. The molecule has 1 atom stereocenters. The molecule has 0 aliphatic carbocycles. The summed E-state index contributed by atoms with van der Waals surface area (Å²) in [6.45, 7) is 7.48. The van der Waals surface area contributed by atoms with Crippen molar-refractivity contribution in [3.05, 3.63) is 24.3 Å². The SMILES string of the molecule is CC(C)(C)n1c(NC(=O)C2CCOC2)nc2ccccc21. The van der Waals surface area contributed by atoms with Gasteiger partial charge in [0.25, 0.3) is 0 Å². The lowest BCUT2D eigenvalue weighted by Gasteiger charge is -2.24. The lowest BCUT2D eigenvalue weighted by atomic mass is 10.1. The van der Waals surface area contributed by atoms with Gasteiger partial charge in [-0.25, -0.2) is 4.98 Å². The smallest absolute Gasteiger partial charge is 0.232 e. The second-order valence-electron chi connectivity index (χ2n) is 6.48. The first-order valence-corrected chi connectivity index (χ1v) is 7.33. The number of para-hydroxylation sites is 2. The van der Waals surface area contributed by atoms with Crippen molar-refractivity contribution in [1.29, 1.82) is 0 Å². The van der Waals surface area contributed by atoms with Gasteiger partial charge in [0.05, 0.1) is 23.6 Å². The number of rotatable bonds is 2. The third-order valence-electron chi connectivity index (χ3n) is 3.77. The first-order valence-electron chi connectivity index (χ1n) is 7.33. The van der Waals surface area contributed by atoms with Gasteiger partial charge in [0.15, 0.2) is 0 Å². The number of nitrogens with zero attached hydrogens (tertiary/aromatic N) is 2. The Balaban J connectivity index is 1.99. The molecule has 112 valence electrons. The predicted molar refractivity (Wildman–Crippen MR) is 82.3 cm³/mol. The molecule has 0 saturated carbocycles. The van der Waals surface area contributed by atoms with Crippen molar-refractivity contribution in [3.8, 4) is 0 Å². The molecule has 1 N–H and O–H groups in total. The Labute approximate surface area is 124 Å². The maximum absolute atomic E-state index is 12.3. The molecule has 2 aromatic rings. The molecule has 1 fully saturated rings. The van der Waals surface area contributed by atoms with Crippen LogP contribution >= 0.6 is 0 Å². The molecule has 3 rings (SSSR count). The Morgan fingerprint density at radius 2 is 2.14 bits per heavy atom. The van der Waals surface area contributed by atoms with Gasteiger partial charge in [-0.1, -0.05) is 12.1 Å². The third kappa shape index (κ3) is 2.65. The highest BCUT2D eigenvalue weighted by molar-refractivity contribution is 5.93. The normalized spacial score (nSPS) is 19.1. The summed E-state index contributed by atoms with van der Waals surface area (Å²) in [7, 11) is 0. The van der Waals surface area contributed by atoms with E-state index in [1.54, 1.807) is 0 Å². The molecule has 0 spiro atoms. The highest BCUT2D eigenvalue weighted by Crippen LogP contribution is 2.28. The van der Waals surface area contributed by atoms with E-state index < -0.39 is 0 Å². The van der Waals surface area contributed by atoms with E-state index in [4.69, 9.17) is 4.74 Å². The summed E-state index contributed by atoms with van der Waals surface area (Å²) in [5.74, 6) is 0.534. The Bertz CT molecular complexity index is 664. The number of amides is 1. The largest absolute Gasteiger partial charge is 0.381 e. The van der Waals surface area contributed by atoms with Crippen LogP contribution in [0, 0.1) is 5.92 Å². The first-order chi connectivity index (χ1) is 9.97. The monoisotopic (exact) mass is 287 g/mol. The number of benzene rings is 1. The van der Waals surface area contributed by atoms with E-state index in [1.807, 2.05) is 24.3 Å². The van der Waals surface area contributed by atoms with Crippen molar-refractivity contribution in [1.82, 2.24) is 9.55 Å². The zero-order chi connectivity index (χ0) is 15.0. The van der Waals surface area contributed by atoms with Crippen LogP contribution in [-0.2, 0) is 15.1 Å². The van der Waals surface area contributed by atoms with E-state index in [-0.39, 0.29) is 17.4 Å². The van der Waals surface area contributed by atoms with Crippen molar-refractivity contribution >= 4 is 22.9 Å². The lowest BCUT2D eigenvalue weighted by molar-refractivity contribution is -0.119. The lowest BCUT2D eigenvalue weighted by Crippen LogP contribution is -2.29.